The monoisotopic (exact) mass is 158 g/mol. The van der Waals surface area contributed by atoms with E-state index >= 15 is 0 Å². The predicted molar refractivity (Wildman–Crippen MR) is 48.7 cm³/mol. The smallest absolute Gasteiger partial charge is 0.192 e. The van der Waals surface area contributed by atoms with Gasteiger partial charge in [0, 0.05) is 1.43 Å². The molecule has 0 aromatic heterocycles. The van der Waals surface area contributed by atoms with Crippen molar-refractivity contribution in [3.05, 3.63) is 0 Å². The second kappa shape index (κ2) is 4.89. The van der Waals surface area contributed by atoms with E-state index in [4.69, 9.17) is 0 Å². The number of aldehydes is 1. The lowest BCUT2D eigenvalue weighted by atomic mass is 10.1. The van der Waals surface area contributed by atoms with Gasteiger partial charge in [0.1, 0.15) is 0 Å². The summed E-state index contributed by atoms with van der Waals surface area (Å²) in [5.41, 5.74) is -0.207. The summed E-state index contributed by atoms with van der Waals surface area (Å²) in [4.78, 5) is 11.8. The van der Waals surface area contributed by atoms with Crippen molar-refractivity contribution in [2.24, 2.45) is 0 Å². The van der Waals surface area contributed by atoms with E-state index in [0.717, 1.165) is 0 Å². The fourth-order valence-corrected chi connectivity index (χ4v) is 0.318. The van der Waals surface area contributed by atoms with Gasteiger partial charge in [0.05, 0.1) is 5.54 Å². The molecule has 0 spiro atoms. The lowest BCUT2D eigenvalue weighted by Gasteiger charge is -2.26. The standard InChI is InChI=1S/C8H13NO.H3N.H2/c1-8(2,9(3)4)6-5-7-10;;/h7H,1-4H3;1H3;1H. The van der Waals surface area contributed by atoms with Crippen LogP contribution in [0.5, 0.6) is 0 Å². The third-order valence-corrected chi connectivity index (χ3v) is 1.56. The molecule has 3 heteroatoms. The van der Waals surface area contributed by atoms with Crippen LogP contribution in [0.15, 0.2) is 0 Å². The lowest BCUT2D eigenvalue weighted by Crippen LogP contribution is -2.36. The molecule has 0 aromatic rings. The highest BCUT2D eigenvalue weighted by Gasteiger charge is 2.15. The fourth-order valence-electron chi connectivity index (χ4n) is 0.318. The minimum absolute atomic E-state index is 0. The molecule has 0 saturated heterocycles. The molecular weight excluding hydrogens is 140 g/mol. The summed E-state index contributed by atoms with van der Waals surface area (Å²) >= 11 is 0. The van der Waals surface area contributed by atoms with Crippen molar-refractivity contribution in [1.82, 2.24) is 11.1 Å². The molecule has 0 aliphatic rings. The lowest BCUT2D eigenvalue weighted by molar-refractivity contribution is -0.103. The van der Waals surface area contributed by atoms with Gasteiger partial charge in [0.25, 0.3) is 0 Å². The maximum atomic E-state index is 9.88. The first kappa shape index (κ1) is 12.8. The van der Waals surface area contributed by atoms with Gasteiger partial charge >= 0.3 is 0 Å². The van der Waals surface area contributed by atoms with Crippen molar-refractivity contribution < 1.29 is 6.22 Å². The van der Waals surface area contributed by atoms with Crippen LogP contribution in [-0.4, -0.2) is 30.8 Å². The molecule has 0 fully saturated rings. The third kappa shape index (κ3) is 4.54. The maximum absolute atomic E-state index is 9.88. The van der Waals surface area contributed by atoms with Crippen LogP contribution in [0.4, 0.5) is 0 Å². The number of nitrogens with zero attached hydrogens (tertiary/aromatic N) is 1. The highest BCUT2D eigenvalue weighted by molar-refractivity contribution is 5.72. The SMILES string of the molecule is CN(C)C(C)(C)C#CC=O.N.[HH]. The van der Waals surface area contributed by atoms with E-state index in [1.54, 1.807) is 0 Å². The Kier molecular flexibility index (Phi) is 5.69. The highest BCUT2D eigenvalue weighted by Crippen LogP contribution is 2.06. The number of carbonyl (C=O) groups excluding carboxylic acids is 1. The van der Waals surface area contributed by atoms with Crippen LogP contribution in [-0.2, 0) is 4.79 Å². The highest BCUT2D eigenvalue weighted by atomic mass is 16.1. The van der Waals surface area contributed by atoms with Crippen LogP contribution < -0.4 is 6.15 Å². The summed E-state index contributed by atoms with van der Waals surface area (Å²) in [5.74, 6) is 5.21. The minimum atomic E-state index is -0.207. The summed E-state index contributed by atoms with van der Waals surface area (Å²) in [6.45, 7) is 3.92. The van der Waals surface area contributed by atoms with E-state index < -0.39 is 0 Å². The molecule has 0 unspecified atom stereocenters. The van der Waals surface area contributed by atoms with E-state index in [0.29, 0.717) is 6.29 Å². The maximum Gasteiger partial charge on any atom is 0.192 e. The van der Waals surface area contributed by atoms with Gasteiger partial charge in [-0.1, -0.05) is 5.92 Å². The second-order valence-electron chi connectivity index (χ2n) is 2.84. The number of carbonyl (C=O) groups is 1. The molecule has 66 valence electrons. The molecule has 0 radical (unpaired) electrons. The van der Waals surface area contributed by atoms with Gasteiger partial charge in [-0.2, -0.15) is 0 Å². The Labute approximate surface area is 69.8 Å². The fraction of sp³-hybridized carbons (Fsp3) is 0.625. The van der Waals surface area contributed by atoms with Crippen molar-refractivity contribution >= 4 is 6.29 Å². The Hall–Kier alpha value is -0.850. The van der Waals surface area contributed by atoms with Crippen LogP contribution in [0.25, 0.3) is 0 Å². The van der Waals surface area contributed by atoms with Crippen molar-refractivity contribution in [2.75, 3.05) is 14.1 Å². The summed E-state index contributed by atoms with van der Waals surface area (Å²) in [6, 6.07) is 0. The Morgan fingerprint density at radius 3 is 2.18 bits per heavy atom. The van der Waals surface area contributed by atoms with E-state index in [9.17, 15) is 4.79 Å². The Morgan fingerprint density at radius 2 is 1.91 bits per heavy atom. The summed E-state index contributed by atoms with van der Waals surface area (Å²) in [7, 11) is 3.86. The van der Waals surface area contributed by atoms with E-state index in [2.05, 4.69) is 11.8 Å². The first-order chi connectivity index (χ1) is 4.50. The van der Waals surface area contributed by atoms with Gasteiger partial charge in [-0.25, -0.2) is 0 Å². The van der Waals surface area contributed by atoms with Gasteiger partial charge in [-0.05, 0) is 33.9 Å². The molecule has 0 amide bonds. The molecule has 3 nitrogen and oxygen atoms in total. The minimum Gasteiger partial charge on any atom is -0.344 e. The zero-order chi connectivity index (χ0) is 8.20. The number of hydrogen-bond donors (Lipinski definition) is 1. The largest absolute Gasteiger partial charge is 0.344 e. The average Bonchev–Trinajstić information content (AvgIpc) is 1.84. The Bertz CT molecular complexity index is 179. The van der Waals surface area contributed by atoms with Crippen LogP contribution in [0, 0.1) is 11.8 Å². The quantitative estimate of drug-likeness (QED) is 0.456. The zero-order valence-corrected chi connectivity index (χ0v) is 7.64. The molecular formula is C8H18N2O. The van der Waals surface area contributed by atoms with Crippen LogP contribution in [0.2, 0.25) is 0 Å². The number of rotatable bonds is 1. The summed E-state index contributed by atoms with van der Waals surface area (Å²) < 4.78 is 0. The van der Waals surface area contributed by atoms with E-state index in [-0.39, 0.29) is 13.1 Å². The van der Waals surface area contributed by atoms with Gasteiger partial charge in [-0.3, -0.25) is 9.69 Å². The molecule has 0 rings (SSSR count). The van der Waals surface area contributed by atoms with Crippen molar-refractivity contribution in [3.63, 3.8) is 0 Å². The summed E-state index contributed by atoms with van der Waals surface area (Å²) in [5, 5.41) is 0. The number of hydrogen-bond acceptors (Lipinski definition) is 3. The van der Waals surface area contributed by atoms with Gasteiger partial charge in [0.15, 0.2) is 6.29 Å². The van der Waals surface area contributed by atoms with E-state index in [1.807, 2.05) is 32.8 Å². The van der Waals surface area contributed by atoms with Crippen molar-refractivity contribution in [1.29, 1.82) is 0 Å². The van der Waals surface area contributed by atoms with Crippen LogP contribution in [0.3, 0.4) is 0 Å². The van der Waals surface area contributed by atoms with Gasteiger partial charge < -0.3 is 6.15 Å². The van der Waals surface area contributed by atoms with Crippen LogP contribution in [0.1, 0.15) is 15.3 Å². The molecule has 11 heavy (non-hydrogen) atoms. The molecule has 0 aliphatic carbocycles. The zero-order valence-electron chi connectivity index (χ0n) is 7.64. The second-order valence-corrected chi connectivity index (χ2v) is 2.84. The Balaban J connectivity index is -0.000000405. The van der Waals surface area contributed by atoms with E-state index in [1.165, 1.54) is 0 Å². The first-order valence-electron chi connectivity index (χ1n) is 3.14. The molecule has 0 aromatic carbocycles. The molecule has 0 saturated carbocycles. The van der Waals surface area contributed by atoms with Gasteiger partial charge in [0.2, 0.25) is 0 Å². The molecule has 3 N–H and O–H groups in total. The third-order valence-electron chi connectivity index (χ3n) is 1.56. The van der Waals surface area contributed by atoms with Gasteiger partial charge in [-0.15, -0.1) is 0 Å². The van der Waals surface area contributed by atoms with Crippen molar-refractivity contribution in [2.45, 2.75) is 19.4 Å². The topological polar surface area (TPSA) is 55.3 Å². The average molecular weight is 158 g/mol. The normalized spacial score (nSPS) is 9.55. The van der Waals surface area contributed by atoms with Crippen LogP contribution >= 0.6 is 0 Å². The van der Waals surface area contributed by atoms with Crippen molar-refractivity contribution in [3.8, 4) is 11.8 Å². The molecule has 0 aliphatic heterocycles. The molecule has 0 heterocycles. The predicted octanol–water partition coefficient (Wildman–Crippen LogP) is 0.937. The molecule has 0 bridgehead atoms. The first-order valence-corrected chi connectivity index (χ1v) is 3.14. The molecule has 0 atom stereocenters. The summed E-state index contributed by atoms with van der Waals surface area (Å²) in [6.07, 6.45) is 0.616. The Morgan fingerprint density at radius 1 is 1.45 bits per heavy atom.